The number of benzene rings is 3. The van der Waals surface area contributed by atoms with Gasteiger partial charge in [-0.15, -0.1) is 0 Å². The highest BCUT2D eigenvalue weighted by molar-refractivity contribution is 7.98. The van der Waals surface area contributed by atoms with E-state index in [1.54, 1.807) is 48.2 Å². The highest BCUT2D eigenvalue weighted by atomic mass is 35.5. The number of rotatable bonds is 12. The molecule has 3 aromatic rings. The lowest BCUT2D eigenvalue weighted by Crippen LogP contribution is -2.41. The molecule has 0 saturated heterocycles. The summed E-state index contributed by atoms with van der Waals surface area (Å²) in [4.78, 5) is 13.0. The number of carbonyl (C=O) groups excluding carboxylic acids is 1. The van der Waals surface area contributed by atoms with Crippen LogP contribution in [0.1, 0.15) is 23.1 Å². The van der Waals surface area contributed by atoms with Crippen LogP contribution in [0.25, 0.3) is 0 Å². The highest BCUT2D eigenvalue weighted by Crippen LogP contribution is 2.33. The number of aryl methyl sites for hydroxylation is 2. The molecule has 0 saturated carbocycles. The Kier molecular flexibility index (Phi) is 10.1. The molecule has 6 nitrogen and oxygen atoms in total. The number of ether oxygens (including phenoxy) is 1. The summed E-state index contributed by atoms with van der Waals surface area (Å²) in [5.41, 5.74) is 3.20. The minimum atomic E-state index is -4.01. The Labute approximate surface area is 223 Å². The van der Waals surface area contributed by atoms with Crippen LogP contribution >= 0.6 is 23.4 Å². The number of methoxy groups -OCH3 is 1. The van der Waals surface area contributed by atoms with Gasteiger partial charge in [-0.25, -0.2) is 8.42 Å². The third-order valence-electron chi connectivity index (χ3n) is 5.50. The summed E-state index contributed by atoms with van der Waals surface area (Å²) < 4.78 is 33.8. The van der Waals surface area contributed by atoms with Gasteiger partial charge in [-0.3, -0.25) is 9.10 Å². The minimum absolute atomic E-state index is 0.112. The van der Waals surface area contributed by atoms with Gasteiger partial charge in [0.1, 0.15) is 12.3 Å². The van der Waals surface area contributed by atoms with Crippen LogP contribution in [0.5, 0.6) is 5.75 Å². The fourth-order valence-corrected chi connectivity index (χ4v) is 6.19. The van der Waals surface area contributed by atoms with E-state index in [0.29, 0.717) is 18.0 Å². The lowest BCUT2D eigenvalue weighted by Gasteiger charge is -2.26. The van der Waals surface area contributed by atoms with Gasteiger partial charge in [-0.1, -0.05) is 53.6 Å². The van der Waals surface area contributed by atoms with Crippen LogP contribution in [-0.4, -0.2) is 40.3 Å². The topological polar surface area (TPSA) is 75.7 Å². The van der Waals surface area contributed by atoms with Crippen LogP contribution < -0.4 is 14.4 Å². The van der Waals surface area contributed by atoms with Crippen molar-refractivity contribution in [3.05, 3.63) is 88.4 Å². The standard InChI is InChI=1S/C27H31ClN2O4S2/c1-20-9-12-23(13-10-20)36(32,33)30(25-17-21(2)11-14-26(25)34-3)18-27(31)29-15-6-16-35-19-22-7-4-5-8-24(22)28/h4-5,7-14,17H,6,15-16,18-19H2,1-3H3,(H,29,31). The summed E-state index contributed by atoms with van der Waals surface area (Å²) in [5, 5.41) is 3.60. The molecule has 0 radical (unpaired) electrons. The average Bonchev–Trinajstić information content (AvgIpc) is 2.86. The van der Waals surface area contributed by atoms with E-state index >= 15 is 0 Å². The average molecular weight is 547 g/mol. The van der Waals surface area contributed by atoms with Gasteiger partial charge in [0.05, 0.1) is 17.7 Å². The number of sulfonamides is 1. The first-order valence-electron chi connectivity index (χ1n) is 11.5. The zero-order chi connectivity index (χ0) is 26.1. The number of carbonyl (C=O) groups is 1. The van der Waals surface area contributed by atoms with Crippen LogP contribution in [0.2, 0.25) is 5.02 Å². The van der Waals surface area contributed by atoms with Crippen molar-refractivity contribution in [3.63, 3.8) is 0 Å². The van der Waals surface area contributed by atoms with E-state index in [9.17, 15) is 13.2 Å². The molecule has 0 aliphatic heterocycles. The maximum atomic E-state index is 13.6. The van der Waals surface area contributed by atoms with Crippen LogP contribution in [0.3, 0.4) is 0 Å². The number of nitrogens with zero attached hydrogens (tertiary/aromatic N) is 1. The largest absolute Gasteiger partial charge is 0.495 e. The highest BCUT2D eigenvalue weighted by Gasteiger charge is 2.29. The van der Waals surface area contributed by atoms with Crippen LogP contribution in [0.4, 0.5) is 5.69 Å². The fourth-order valence-electron chi connectivity index (χ4n) is 3.52. The minimum Gasteiger partial charge on any atom is -0.495 e. The smallest absolute Gasteiger partial charge is 0.264 e. The van der Waals surface area contributed by atoms with Gasteiger partial charge >= 0.3 is 0 Å². The van der Waals surface area contributed by atoms with E-state index in [1.807, 2.05) is 44.2 Å². The Morgan fingerprint density at radius 3 is 2.42 bits per heavy atom. The van der Waals surface area contributed by atoms with Gasteiger partial charge in [0.25, 0.3) is 10.0 Å². The van der Waals surface area contributed by atoms with E-state index in [2.05, 4.69) is 5.32 Å². The molecule has 1 N–H and O–H groups in total. The van der Waals surface area contributed by atoms with Crippen LogP contribution in [0, 0.1) is 13.8 Å². The fraction of sp³-hybridized carbons (Fsp3) is 0.296. The molecule has 9 heteroatoms. The molecule has 0 aromatic heterocycles. The van der Waals surface area contributed by atoms with Crippen molar-refractivity contribution < 1.29 is 17.9 Å². The second-order valence-electron chi connectivity index (χ2n) is 8.35. The maximum absolute atomic E-state index is 13.6. The Morgan fingerprint density at radius 1 is 1.03 bits per heavy atom. The molecule has 0 fully saturated rings. The number of thioether (sulfide) groups is 1. The van der Waals surface area contributed by atoms with Crippen molar-refractivity contribution >= 4 is 45.0 Å². The third-order valence-corrected chi connectivity index (χ3v) is 8.74. The molecule has 3 aromatic carbocycles. The number of amides is 1. The molecular weight excluding hydrogens is 516 g/mol. The Hall–Kier alpha value is -2.68. The number of hydrogen-bond acceptors (Lipinski definition) is 5. The Balaban J connectivity index is 1.67. The molecule has 0 bridgehead atoms. The molecular formula is C27H31ClN2O4S2. The van der Waals surface area contributed by atoms with Gasteiger partial charge < -0.3 is 10.1 Å². The summed E-state index contributed by atoms with van der Waals surface area (Å²) in [7, 11) is -2.54. The van der Waals surface area contributed by atoms with Crippen LogP contribution in [0.15, 0.2) is 71.6 Å². The first kappa shape index (κ1) is 27.9. The number of hydrogen-bond donors (Lipinski definition) is 1. The number of anilines is 1. The summed E-state index contributed by atoms with van der Waals surface area (Å²) in [6.45, 7) is 3.83. The van der Waals surface area contributed by atoms with Gasteiger partial charge in [-0.2, -0.15) is 11.8 Å². The number of halogens is 1. The molecule has 0 atom stereocenters. The monoisotopic (exact) mass is 546 g/mol. The zero-order valence-electron chi connectivity index (χ0n) is 20.7. The molecule has 0 unspecified atom stereocenters. The summed E-state index contributed by atoms with van der Waals surface area (Å²) >= 11 is 7.93. The first-order chi connectivity index (χ1) is 17.2. The molecule has 36 heavy (non-hydrogen) atoms. The second-order valence-corrected chi connectivity index (χ2v) is 11.7. The van der Waals surface area contributed by atoms with E-state index in [4.69, 9.17) is 16.3 Å². The zero-order valence-corrected chi connectivity index (χ0v) is 23.0. The van der Waals surface area contributed by atoms with Crippen molar-refractivity contribution in [2.75, 3.05) is 30.3 Å². The molecule has 0 heterocycles. The predicted molar refractivity (Wildman–Crippen MR) is 149 cm³/mol. The molecule has 1 amide bonds. The predicted octanol–water partition coefficient (Wildman–Crippen LogP) is 5.60. The van der Waals surface area contributed by atoms with Crippen molar-refractivity contribution in [2.24, 2.45) is 0 Å². The lowest BCUT2D eigenvalue weighted by molar-refractivity contribution is -0.119. The molecule has 0 aliphatic carbocycles. The maximum Gasteiger partial charge on any atom is 0.264 e. The summed E-state index contributed by atoms with van der Waals surface area (Å²) in [5.74, 6) is 1.62. The second kappa shape index (κ2) is 13.0. The van der Waals surface area contributed by atoms with E-state index in [-0.39, 0.29) is 17.3 Å². The molecule has 192 valence electrons. The van der Waals surface area contributed by atoms with E-state index in [1.165, 1.54) is 7.11 Å². The first-order valence-corrected chi connectivity index (χ1v) is 14.5. The summed E-state index contributed by atoms with van der Waals surface area (Å²) in [6, 6.07) is 19.6. The molecule has 0 aliphatic rings. The number of nitrogens with one attached hydrogen (secondary N) is 1. The lowest BCUT2D eigenvalue weighted by atomic mass is 10.2. The summed E-state index contributed by atoms with van der Waals surface area (Å²) in [6.07, 6.45) is 0.749. The Bertz CT molecular complexity index is 1280. The quantitative estimate of drug-likeness (QED) is 0.299. The van der Waals surface area contributed by atoms with Crippen molar-refractivity contribution in [2.45, 2.75) is 30.9 Å². The van der Waals surface area contributed by atoms with Gasteiger partial charge in [0.15, 0.2) is 0 Å². The van der Waals surface area contributed by atoms with Crippen molar-refractivity contribution in [1.29, 1.82) is 0 Å². The van der Waals surface area contributed by atoms with Crippen LogP contribution in [-0.2, 0) is 20.6 Å². The van der Waals surface area contributed by atoms with Crippen molar-refractivity contribution in [1.82, 2.24) is 5.32 Å². The Morgan fingerprint density at radius 2 is 1.72 bits per heavy atom. The third kappa shape index (κ3) is 7.41. The van der Waals surface area contributed by atoms with Gasteiger partial charge in [0, 0.05) is 17.3 Å². The van der Waals surface area contributed by atoms with Gasteiger partial charge in [-0.05, 0) is 67.5 Å². The van der Waals surface area contributed by atoms with E-state index in [0.717, 1.165) is 43.9 Å². The molecule has 0 spiro atoms. The molecule has 3 rings (SSSR count). The van der Waals surface area contributed by atoms with E-state index < -0.39 is 10.0 Å². The van der Waals surface area contributed by atoms with Crippen molar-refractivity contribution in [3.8, 4) is 5.75 Å². The SMILES string of the molecule is COc1ccc(C)cc1N(CC(=O)NCCCSCc1ccccc1Cl)S(=O)(=O)c1ccc(C)cc1. The normalized spacial score (nSPS) is 11.2. The van der Waals surface area contributed by atoms with Gasteiger partial charge in [0.2, 0.25) is 5.91 Å².